The van der Waals surface area contributed by atoms with E-state index >= 15 is 0 Å². The Balaban J connectivity index is 0.00000480. The van der Waals surface area contributed by atoms with Gasteiger partial charge in [0.1, 0.15) is 11.8 Å². The number of alkyl halides is 2. The third-order valence-electron chi connectivity index (χ3n) is 7.86. The van der Waals surface area contributed by atoms with E-state index in [1.807, 2.05) is 19.1 Å². The van der Waals surface area contributed by atoms with Crippen LogP contribution in [-0.4, -0.2) is 36.9 Å². The van der Waals surface area contributed by atoms with E-state index in [1.54, 1.807) is 43.3 Å². The van der Waals surface area contributed by atoms with Crippen molar-refractivity contribution in [1.82, 2.24) is 5.32 Å². The molecule has 0 spiro atoms. The lowest BCUT2D eigenvalue weighted by Crippen LogP contribution is -2.53. The van der Waals surface area contributed by atoms with E-state index in [-0.39, 0.29) is 59.1 Å². The van der Waals surface area contributed by atoms with E-state index in [2.05, 4.69) is 5.32 Å². The second kappa shape index (κ2) is 14.6. The van der Waals surface area contributed by atoms with Gasteiger partial charge in [-0.05, 0) is 65.7 Å². The van der Waals surface area contributed by atoms with Crippen molar-refractivity contribution in [1.29, 1.82) is 5.26 Å². The van der Waals surface area contributed by atoms with Gasteiger partial charge in [0.05, 0.1) is 36.1 Å². The van der Waals surface area contributed by atoms with Crippen LogP contribution in [0, 0.1) is 17.2 Å². The molecule has 0 saturated carbocycles. The van der Waals surface area contributed by atoms with Gasteiger partial charge in [-0.3, -0.25) is 14.4 Å². The summed E-state index contributed by atoms with van der Waals surface area (Å²) in [7, 11) is 0. The Morgan fingerprint density at radius 2 is 1.78 bits per heavy atom. The molecule has 0 fully saturated rings. The second-order valence-corrected chi connectivity index (χ2v) is 11.1. The molecule has 238 valence electrons. The first-order valence-corrected chi connectivity index (χ1v) is 14.7. The molecule has 3 amide bonds. The number of nitrogens with zero attached hydrogens (tertiary/aromatic N) is 3. The zero-order valence-corrected chi connectivity index (χ0v) is 26.4. The maximum absolute atomic E-state index is 14.4. The van der Waals surface area contributed by atoms with Crippen LogP contribution in [0.5, 0.6) is 5.75 Å². The second-order valence-electron chi connectivity index (χ2n) is 10.7. The molecule has 0 aliphatic carbocycles. The summed E-state index contributed by atoms with van der Waals surface area (Å²) in [6, 6.07) is 21.7. The van der Waals surface area contributed by atoms with Gasteiger partial charge in [-0.1, -0.05) is 55.8 Å². The highest BCUT2D eigenvalue weighted by atomic mass is 35.5. The Kier molecular flexibility index (Phi) is 10.8. The van der Waals surface area contributed by atoms with E-state index in [1.165, 1.54) is 46.2 Å². The Morgan fingerprint density at radius 1 is 1.07 bits per heavy atom. The molecule has 1 heterocycles. The molecule has 1 aliphatic rings. The lowest BCUT2D eigenvalue weighted by molar-refractivity contribution is -0.129. The number of carbonyl (C=O) groups is 3. The average Bonchev–Trinajstić information content (AvgIpc) is 3.15. The fourth-order valence-corrected chi connectivity index (χ4v) is 5.42. The van der Waals surface area contributed by atoms with Crippen molar-refractivity contribution in [2.24, 2.45) is 5.92 Å². The fraction of sp³-hybridized carbons (Fsp3) is 0.235. The molecule has 12 heteroatoms. The van der Waals surface area contributed by atoms with E-state index in [0.29, 0.717) is 22.9 Å². The predicted molar refractivity (Wildman–Crippen MR) is 175 cm³/mol. The lowest BCUT2D eigenvalue weighted by Gasteiger charge is -2.27. The largest absolute Gasteiger partial charge is 0.434 e. The summed E-state index contributed by atoms with van der Waals surface area (Å²) in [4.78, 5) is 44.3. The first-order chi connectivity index (χ1) is 21.6. The predicted octanol–water partition coefficient (Wildman–Crippen LogP) is 7.11. The van der Waals surface area contributed by atoms with Crippen LogP contribution in [0.15, 0.2) is 78.9 Å². The first-order valence-electron chi connectivity index (χ1n) is 14.3. The van der Waals surface area contributed by atoms with Crippen LogP contribution in [-0.2, 0) is 16.1 Å². The van der Waals surface area contributed by atoms with Crippen LogP contribution in [0.25, 0.3) is 10.8 Å². The average molecular weight is 668 g/mol. The number of anilines is 2. The van der Waals surface area contributed by atoms with Crippen molar-refractivity contribution >= 4 is 63.9 Å². The Labute approximate surface area is 275 Å². The van der Waals surface area contributed by atoms with Crippen LogP contribution in [0.3, 0.4) is 0 Å². The molecule has 1 aliphatic heterocycles. The number of fused-ring (bicyclic) bond motifs is 2. The molecule has 1 N–H and O–H groups in total. The summed E-state index contributed by atoms with van der Waals surface area (Å²) in [5.41, 5.74) is 1.49. The third-order valence-corrected chi connectivity index (χ3v) is 8.10. The minimum Gasteiger partial charge on any atom is -0.434 e. The SMILES string of the molecule is CC[C@@H](C)C(=O)N[C@H]1CN(C(=O)c2ccc(C#N)cc2)c2cc(Cl)ccc2N(Cc2c(OC(F)F)ccc3ccccc23)C1=O.Cl. The van der Waals surface area contributed by atoms with E-state index in [4.69, 9.17) is 16.3 Å². The summed E-state index contributed by atoms with van der Waals surface area (Å²) in [5.74, 6) is -1.95. The van der Waals surface area contributed by atoms with Crippen LogP contribution >= 0.6 is 24.0 Å². The molecule has 2 atom stereocenters. The van der Waals surface area contributed by atoms with Crippen molar-refractivity contribution in [3.8, 4) is 11.8 Å². The lowest BCUT2D eigenvalue weighted by atomic mass is 10.0. The monoisotopic (exact) mass is 666 g/mol. The smallest absolute Gasteiger partial charge is 0.387 e. The number of carbonyl (C=O) groups excluding carboxylic acids is 3. The van der Waals surface area contributed by atoms with Crippen molar-refractivity contribution in [3.63, 3.8) is 0 Å². The minimum absolute atomic E-state index is 0. The number of rotatable bonds is 8. The normalized spacial score (nSPS) is 15.0. The molecule has 5 rings (SSSR count). The quantitative estimate of drug-likeness (QED) is 0.216. The Hall–Kier alpha value is -4.72. The summed E-state index contributed by atoms with van der Waals surface area (Å²) < 4.78 is 32.0. The Morgan fingerprint density at radius 3 is 2.46 bits per heavy atom. The van der Waals surface area contributed by atoms with Crippen LogP contribution in [0.4, 0.5) is 20.2 Å². The molecule has 4 aromatic rings. The van der Waals surface area contributed by atoms with Crippen LogP contribution in [0.1, 0.15) is 41.8 Å². The molecule has 0 aromatic heterocycles. The minimum atomic E-state index is -3.11. The molecule has 0 radical (unpaired) electrons. The van der Waals surface area contributed by atoms with E-state index in [9.17, 15) is 28.4 Å². The van der Waals surface area contributed by atoms with E-state index in [0.717, 1.165) is 5.39 Å². The van der Waals surface area contributed by atoms with Crippen molar-refractivity contribution < 1.29 is 27.9 Å². The van der Waals surface area contributed by atoms with E-state index < -0.39 is 30.4 Å². The molecule has 0 bridgehead atoms. The van der Waals surface area contributed by atoms with Crippen LogP contribution in [0.2, 0.25) is 5.02 Å². The number of amides is 3. The zero-order chi connectivity index (χ0) is 32.2. The number of hydrogen-bond acceptors (Lipinski definition) is 5. The molecule has 46 heavy (non-hydrogen) atoms. The van der Waals surface area contributed by atoms with Gasteiger partial charge >= 0.3 is 6.61 Å². The van der Waals surface area contributed by atoms with Crippen LogP contribution < -0.4 is 19.9 Å². The summed E-state index contributed by atoms with van der Waals surface area (Å²) in [6.45, 7) is 0.00569. The van der Waals surface area contributed by atoms with Gasteiger partial charge in [0.2, 0.25) is 5.91 Å². The van der Waals surface area contributed by atoms with Gasteiger partial charge in [0.15, 0.2) is 0 Å². The van der Waals surface area contributed by atoms with Crippen molar-refractivity contribution in [3.05, 3.63) is 101 Å². The number of nitrogens with one attached hydrogen (secondary N) is 1. The summed E-state index contributed by atoms with van der Waals surface area (Å²) >= 11 is 6.42. The first kappa shape index (κ1) is 34.2. The molecular formula is C34H30Cl2F2N4O4. The maximum atomic E-state index is 14.4. The highest BCUT2D eigenvalue weighted by Gasteiger charge is 2.38. The van der Waals surface area contributed by atoms with Gasteiger partial charge in [-0.2, -0.15) is 14.0 Å². The topological polar surface area (TPSA) is 103 Å². The highest BCUT2D eigenvalue weighted by molar-refractivity contribution is 6.31. The van der Waals surface area contributed by atoms with Gasteiger partial charge in [0, 0.05) is 22.1 Å². The summed E-state index contributed by atoms with van der Waals surface area (Å²) in [6.07, 6.45) is 0.518. The third kappa shape index (κ3) is 7.06. The zero-order valence-electron chi connectivity index (χ0n) is 24.9. The number of hydrogen-bond donors (Lipinski definition) is 1. The van der Waals surface area contributed by atoms with Gasteiger partial charge in [-0.25, -0.2) is 0 Å². The molecule has 4 aromatic carbocycles. The van der Waals surface area contributed by atoms with Gasteiger partial charge in [0.25, 0.3) is 11.8 Å². The van der Waals surface area contributed by atoms with Crippen molar-refractivity contribution in [2.75, 3.05) is 16.3 Å². The van der Waals surface area contributed by atoms with Gasteiger partial charge in [-0.15, -0.1) is 12.4 Å². The Bertz CT molecular complexity index is 1810. The number of benzene rings is 4. The maximum Gasteiger partial charge on any atom is 0.387 e. The fourth-order valence-electron chi connectivity index (χ4n) is 5.26. The summed E-state index contributed by atoms with van der Waals surface area (Å²) in [5, 5.41) is 13.6. The van der Waals surface area contributed by atoms with Crippen molar-refractivity contribution in [2.45, 2.75) is 39.5 Å². The van der Waals surface area contributed by atoms with Gasteiger partial charge < -0.3 is 19.9 Å². The highest BCUT2D eigenvalue weighted by Crippen LogP contribution is 2.39. The number of halogens is 4. The molecule has 0 unspecified atom stereocenters. The standard InChI is InChI=1S/C34H29ClF2N4O4.ClH/c1-3-20(2)31(42)39-27-19-41(32(43)23-10-8-21(17-38)9-11-23)29-16-24(35)13-14-28(29)40(33(27)44)18-26-25-7-5-4-6-22(25)12-15-30(26)45-34(36)37;/h4-16,20,27,34H,3,18-19H2,1-2H3,(H,39,42);1H/t20-,27+;/m1./s1. The number of nitriles is 1. The number of ether oxygens (including phenoxy) is 1. The molecule has 0 saturated heterocycles. The molecular weight excluding hydrogens is 637 g/mol. The molecule has 8 nitrogen and oxygen atoms in total.